The van der Waals surface area contributed by atoms with Gasteiger partial charge in [-0.25, -0.2) is 4.98 Å². The number of ether oxygens (including phenoxy) is 1. The predicted octanol–water partition coefficient (Wildman–Crippen LogP) is 3.61. The lowest BCUT2D eigenvalue weighted by Crippen LogP contribution is -2.18. The summed E-state index contributed by atoms with van der Waals surface area (Å²) in [6.45, 7) is 10.8. The van der Waals surface area contributed by atoms with Crippen LogP contribution >= 0.6 is 11.8 Å². The first-order valence-electron chi connectivity index (χ1n) is 7.35. The Labute approximate surface area is 130 Å². The number of fused-ring (bicyclic) bond motifs is 1. The van der Waals surface area contributed by atoms with Crippen LogP contribution in [0.2, 0.25) is 0 Å². The molecule has 0 aliphatic heterocycles. The predicted molar refractivity (Wildman–Crippen MR) is 90.3 cm³/mol. The number of H-pyrrole nitrogens is 1. The van der Waals surface area contributed by atoms with Crippen molar-refractivity contribution in [3.8, 4) is 5.75 Å². The van der Waals surface area contributed by atoms with Crippen molar-refractivity contribution in [2.24, 2.45) is 0 Å². The van der Waals surface area contributed by atoms with E-state index in [9.17, 15) is 0 Å². The zero-order valence-corrected chi connectivity index (χ0v) is 13.6. The van der Waals surface area contributed by atoms with Gasteiger partial charge in [0, 0.05) is 18.4 Å². The highest BCUT2D eigenvalue weighted by Crippen LogP contribution is 2.24. The molecule has 2 N–H and O–H groups in total. The van der Waals surface area contributed by atoms with Crippen molar-refractivity contribution >= 4 is 22.8 Å². The molecule has 0 aliphatic rings. The lowest BCUT2D eigenvalue weighted by Gasteiger charge is -2.05. The molecule has 114 valence electrons. The van der Waals surface area contributed by atoms with Crippen molar-refractivity contribution in [1.29, 1.82) is 0 Å². The molecule has 1 heterocycles. The van der Waals surface area contributed by atoms with E-state index in [4.69, 9.17) is 4.74 Å². The fraction of sp³-hybridized carbons (Fsp3) is 0.438. The molecular formula is C16H23N3OS. The molecule has 0 bridgehead atoms. The maximum atomic E-state index is 5.50. The average Bonchev–Trinajstić information content (AvgIpc) is 2.88. The van der Waals surface area contributed by atoms with Gasteiger partial charge in [-0.3, -0.25) is 0 Å². The summed E-state index contributed by atoms with van der Waals surface area (Å²) in [5.74, 6) is 1.74. The first kappa shape index (κ1) is 15.9. The molecule has 21 heavy (non-hydrogen) atoms. The number of nitrogens with one attached hydrogen (secondary N) is 2. The third-order valence-electron chi connectivity index (χ3n) is 2.96. The zero-order valence-electron chi connectivity index (χ0n) is 12.7. The molecule has 0 saturated carbocycles. The summed E-state index contributed by atoms with van der Waals surface area (Å²) < 4.78 is 5.50. The van der Waals surface area contributed by atoms with Crippen LogP contribution in [0.15, 0.2) is 35.5 Å². The normalized spacial score (nSPS) is 11.0. The minimum atomic E-state index is 0.672. The maximum absolute atomic E-state index is 5.50. The molecule has 4 nitrogen and oxygen atoms in total. The smallest absolute Gasteiger partial charge is 0.166 e. The number of nitrogens with zero attached hydrogens (tertiary/aromatic N) is 1. The number of benzene rings is 1. The van der Waals surface area contributed by atoms with E-state index in [1.165, 1.54) is 5.57 Å². The quantitative estimate of drug-likeness (QED) is 0.422. The minimum absolute atomic E-state index is 0.672. The van der Waals surface area contributed by atoms with Crippen molar-refractivity contribution < 1.29 is 4.74 Å². The third-order valence-corrected chi connectivity index (χ3v) is 3.98. The summed E-state index contributed by atoms with van der Waals surface area (Å²) in [7, 11) is 0. The van der Waals surface area contributed by atoms with Crippen molar-refractivity contribution in [2.75, 3.05) is 25.4 Å². The summed E-state index contributed by atoms with van der Waals surface area (Å²) >= 11 is 1.68. The second kappa shape index (κ2) is 8.10. The van der Waals surface area contributed by atoms with E-state index in [1.807, 2.05) is 25.1 Å². The van der Waals surface area contributed by atoms with Crippen LogP contribution in [0.1, 0.15) is 20.3 Å². The SMILES string of the molecule is C=C(CNCCC)CSc1nc2ccc(OCC)cc2[nH]1. The Kier molecular flexibility index (Phi) is 6.14. The van der Waals surface area contributed by atoms with Gasteiger partial charge in [-0.15, -0.1) is 0 Å². The molecule has 2 aromatic rings. The largest absolute Gasteiger partial charge is 0.494 e. The molecule has 5 heteroatoms. The first-order chi connectivity index (χ1) is 10.2. The summed E-state index contributed by atoms with van der Waals surface area (Å²) in [5, 5.41) is 4.29. The molecule has 0 saturated heterocycles. The number of aromatic amines is 1. The number of aromatic nitrogens is 2. The second-order valence-electron chi connectivity index (χ2n) is 4.87. The van der Waals surface area contributed by atoms with Crippen LogP contribution in [-0.2, 0) is 0 Å². The standard InChI is InChI=1S/C16H23N3OS/c1-4-8-17-10-12(3)11-21-16-18-14-7-6-13(20-5-2)9-15(14)19-16/h6-7,9,17H,3-5,8,10-11H2,1-2H3,(H,18,19). The summed E-state index contributed by atoms with van der Waals surface area (Å²) in [4.78, 5) is 7.90. The highest BCUT2D eigenvalue weighted by molar-refractivity contribution is 7.99. The van der Waals surface area contributed by atoms with Crippen molar-refractivity contribution in [3.63, 3.8) is 0 Å². The van der Waals surface area contributed by atoms with Gasteiger partial charge < -0.3 is 15.0 Å². The molecule has 0 fully saturated rings. The van der Waals surface area contributed by atoms with Gasteiger partial charge in [0.15, 0.2) is 5.16 Å². The maximum Gasteiger partial charge on any atom is 0.166 e. The van der Waals surface area contributed by atoms with E-state index < -0.39 is 0 Å². The summed E-state index contributed by atoms with van der Waals surface area (Å²) in [6, 6.07) is 5.93. The topological polar surface area (TPSA) is 49.9 Å². The molecule has 1 aromatic heterocycles. The van der Waals surface area contributed by atoms with Gasteiger partial charge in [0.05, 0.1) is 17.6 Å². The van der Waals surface area contributed by atoms with Crippen LogP contribution in [0.25, 0.3) is 11.0 Å². The van der Waals surface area contributed by atoms with Crippen LogP contribution < -0.4 is 10.1 Å². The Bertz CT molecular complexity index is 594. The Balaban J connectivity index is 1.91. The minimum Gasteiger partial charge on any atom is -0.494 e. The number of hydrogen-bond donors (Lipinski definition) is 2. The van der Waals surface area contributed by atoms with E-state index in [-0.39, 0.29) is 0 Å². The zero-order chi connectivity index (χ0) is 15.1. The molecular weight excluding hydrogens is 282 g/mol. The molecule has 0 spiro atoms. The van der Waals surface area contributed by atoms with Crippen molar-refractivity contribution in [3.05, 3.63) is 30.4 Å². The third kappa shape index (κ3) is 4.79. The Morgan fingerprint density at radius 2 is 2.29 bits per heavy atom. The second-order valence-corrected chi connectivity index (χ2v) is 5.83. The lowest BCUT2D eigenvalue weighted by atomic mass is 10.3. The summed E-state index contributed by atoms with van der Waals surface area (Å²) in [6.07, 6.45) is 1.15. The van der Waals surface area contributed by atoms with E-state index in [0.717, 1.165) is 47.2 Å². The van der Waals surface area contributed by atoms with Gasteiger partial charge in [0.25, 0.3) is 0 Å². The fourth-order valence-corrected chi connectivity index (χ4v) is 2.74. The highest BCUT2D eigenvalue weighted by atomic mass is 32.2. The van der Waals surface area contributed by atoms with Gasteiger partial charge in [0.2, 0.25) is 0 Å². The number of hydrogen-bond acceptors (Lipinski definition) is 4. The van der Waals surface area contributed by atoms with Crippen LogP contribution in [0.3, 0.4) is 0 Å². The fourth-order valence-electron chi connectivity index (χ4n) is 1.95. The van der Waals surface area contributed by atoms with E-state index >= 15 is 0 Å². The number of rotatable bonds is 9. The Morgan fingerprint density at radius 3 is 3.05 bits per heavy atom. The van der Waals surface area contributed by atoms with Crippen LogP contribution in [0.5, 0.6) is 5.75 Å². The monoisotopic (exact) mass is 305 g/mol. The van der Waals surface area contributed by atoms with Gasteiger partial charge in [0.1, 0.15) is 5.75 Å². The molecule has 2 rings (SSSR count). The number of imidazole rings is 1. The molecule has 0 atom stereocenters. The van der Waals surface area contributed by atoms with Crippen LogP contribution in [-0.4, -0.2) is 35.4 Å². The van der Waals surface area contributed by atoms with E-state index in [0.29, 0.717) is 6.61 Å². The average molecular weight is 305 g/mol. The van der Waals surface area contributed by atoms with Crippen LogP contribution in [0.4, 0.5) is 0 Å². The van der Waals surface area contributed by atoms with Gasteiger partial charge in [-0.05, 0) is 32.0 Å². The molecule has 1 aromatic carbocycles. The molecule has 0 amide bonds. The Morgan fingerprint density at radius 1 is 1.43 bits per heavy atom. The van der Waals surface area contributed by atoms with Gasteiger partial charge in [-0.1, -0.05) is 30.8 Å². The van der Waals surface area contributed by atoms with Crippen molar-refractivity contribution in [2.45, 2.75) is 25.4 Å². The highest BCUT2D eigenvalue weighted by Gasteiger charge is 2.05. The van der Waals surface area contributed by atoms with Gasteiger partial charge >= 0.3 is 0 Å². The van der Waals surface area contributed by atoms with Crippen LogP contribution in [0, 0.1) is 0 Å². The molecule has 0 aliphatic carbocycles. The number of thioether (sulfide) groups is 1. The Hall–Kier alpha value is -1.46. The molecule has 0 unspecified atom stereocenters. The first-order valence-corrected chi connectivity index (χ1v) is 8.34. The van der Waals surface area contributed by atoms with Crippen molar-refractivity contribution in [1.82, 2.24) is 15.3 Å². The lowest BCUT2D eigenvalue weighted by molar-refractivity contribution is 0.340. The van der Waals surface area contributed by atoms with Gasteiger partial charge in [-0.2, -0.15) is 0 Å². The van der Waals surface area contributed by atoms with E-state index in [1.54, 1.807) is 11.8 Å². The van der Waals surface area contributed by atoms with E-state index in [2.05, 4.69) is 28.8 Å². The summed E-state index contributed by atoms with van der Waals surface area (Å²) in [5.41, 5.74) is 3.16. The molecule has 0 radical (unpaired) electrons.